The Morgan fingerprint density at radius 1 is 1.27 bits per heavy atom. The summed E-state index contributed by atoms with van der Waals surface area (Å²) in [6.45, 7) is 7.89. The molecule has 0 amide bonds. The summed E-state index contributed by atoms with van der Waals surface area (Å²) >= 11 is 0. The number of methoxy groups -OCH3 is 1. The van der Waals surface area contributed by atoms with Crippen molar-refractivity contribution in [2.24, 2.45) is 0 Å². The molecule has 2 rings (SSSR count). The summed E-state index contributed by atoms with van der Waals surface area (Å²) in [5.74, 6) is 0.963. The number of hydrogen-bond acceptors (Lipinski definition) is 2. The van der Waals surface area contributed by atoms with Crippen LogP contribution in [0.1, 0.15) is 26.3 Å². The maximum atomic E-state index is 5.24. The molecule has 0 aromatic heterocycles. The summed E-state index contributed by atoms with van der Waals surface area (Å²) in [5.41, 5.74) is 2.98. The maximum Gasteiger partial charge on any atom is 0.119 e. The topological polar surface area (TPSA) is 12.5 Å². The Kier molecular flexibility index (Phi) is 2.37. The van der Waals surface area contributed by atoms with Crippen LogP contribution in [0.5, 0.6) is 5.75 Å². The average Bonchev–Trinajstić information content (AvgIpc) is 2.59. The average molecular weight is 205 g/mol. The Bertz CT molecular complexity index is 365. The third kappa shape index (κ3) is 1.81. The minimum atomic E-state index is 0.208. The Labute approximate surface area is 91.9 Å². The van der Waals surface area contributed by atoms with Crippen molar-refractivity contribution < 1.29 is 4.74 Å². The van der Waals surface area contributed by atoms with Crippen molar-refractivity contribution in [3.8, 4) is 5.75 Å². The van der Waals surface area contributed by atoms with E-state index in [1.165, 1.54) is 11.3 Å². The summed E-state index contributed by atoms with van der Waals surface area (Å²) in [7, 11) is 1.72. The van der Waals surface area contributed by atoms with E-state index in [0.29, 0.717) is 0 Å². The summed E-state index contributed by atoms with van der Waals surface area (Å²) in [5, 5.41) is 0. The van der Waals surface area contributed by atoms with E-state index in [1.807, 2.05) is 6.07 Å². The summed E-state index contributed by atoms with van der Waals surface area (Å²) in [6, 6.07) is 6.37. The molecule has 1 aromatic rings. The van der Waals surface area contributed by atoms with Crippen molar-refractivity contribution in [2.75, 3.05) is 18.6 Å². The Morgan fingerprint density at radius 3 is 2.60 bits per heavy atom. The molecule has 0 aliphatic carbocycles. The quantitative estimate of drug-likeness (QED) is 0.699. The smallest absolute Gasteiger partial charge is 0.119 e. The first-order valence-electron chi connectivity index (χ1n) is 5.47. The van der Waals surface area contributed by atoms with E-state index in [1.54, 1.807) is 7.11 Å². The Balaban J connectivity index is 2.36. The van der Waals surface area contributed by atoms with E-state index in [0.717, 1.165) is 18.7 Å². The fourth-order valence-electron chi connectivity index (χ4n) is 2.20. The molecule has 0 unspecified atom stereocenters. The minimum Gasteiger partial charge on any atom is -0.497 e. The van der Waals surface area contributed by atoms with Crippen LogP contribution in [-0.4, -0.2) is 19.2 Å². The van der Waals surface area contributed by atoms with Gasteiger partial charge in [-0.25, -0.2) is 0 Å². The van der Waals surface area contributed by atoms with Crippen molar-refractivity contribution in [3.05, 3.63) is 23.8 Å². The monoisotopic (exact) mass is 205 g/mol. The second-order valence-corrected chi connectivity index (χ2v) is 5.07. The highest BCUT2D eigenvalue weighted by atomic mass is 16.5. The van der Waals surface area contributed by atoms with Gasteiger partial charge in [-0.2, -0.15) is 0 Å². The van der Waals surface area contributed by atoms with Crippen molar-refractivity contribution in [1.82, 2.24) is 0 Å². The Morgan fingerprint density at radius 2 is 2.00 bits per heavy atom. The molecular formula is C13H19NO. The lowest BCUT2D eigenvalue weighted by Crippen LogP contribution is -2.40. The predicted molar refractivity (Wildman–Crippen MR) is 63.8 cm³/mol. The molecule has 0 saturated heterocycles. The number of hydrogen-bond donors (Lipinski definition) is 0. The van der Waals surface area contributed by atoms with E-state index in [4.69, 9.17) is 4.74 Å². The molecule has 1 aliphatic rings. The Hall–Kier alpha value is -1.18. The van der Waals surface area contributed by atoms with Gasteiger partial charge >= 0.3 is 0 Å². The van der Waals surface area contributed by atoms with Gasteiger partial charge in [-0.05, 0) is 51.0 Å². The zero-order valence-electron chi connectivity index (χ0n) is 10.0. The molecule has 0 N–H and O–H groups in total. The van der Waals surface area contributed by atoms with E-state index in [2.05, 4.69) is 37.8 Å². The van der Waals surface area contributed by atoms with Gasteiger partial charge in [0.2, 0.25) is 0 Å². The second-order valence-electron chi connectivity index (χ2n) is 5.07. The summed E-state index contributed by atoms with van der Waals surface area (Å²) < 4.78 is 5.24. The van der Waals surface area contributed by atoms with E-state index in [-0.39, 0.29) is 5.54 Å². The SMILES string of the molecule is COc1ccc2c(c1)CCN2C(C)(C)C. The van der Waals surface area contributed by atoms with Crippen LogP contribution in [0.4, 0.5) is 5.69 Å². The molecule has 2 nitrogen and oxygen atoms in total. The van der Waals surface area contributed by atoms with E-state index >= 15 is 0 Å². The standard InChI is InChI=1S/C13H19NO/c1-13(2,3)14-8-7-10-9-11(15-4)5-6-12(10)14/h5-6,9H,7-8H2,1-4H3. The normalized spacial score (nSPS) is 15.3. The number of ether oxygens (including phenoxy) is 1. The highest BCUT2D eigenvalue weighted by Crippen LogP contribution is 2.35. The maximum absolute atomic E-state index is 5.24. The van der Waals surface area contributed by atoms with Gasteiger partial charge in [0.05, 0.1) is 7.11 Å². The molecular weight excluding hydrogens is 186 g/mol. The number of fused-ring (bicyclic) bond motifs is 1. The van der Waals surface area contributed by atoms with Gasteiger partial charge in [-0.1, -0.05) is 0 Å². The molecule has 1 heterocycles. The van der Waals surface area contributed by atoms with E-state index < -0.39 is 0 Å². The molecule has 2 heteroatoms. The van der Waals surface area contributed by atoms with Crippen molar-refractivity contribution in [1.29, 1.82) is 0 Å². The zero-order chi connectivity index (χ0) is 11.1. The van der Waals surface area contributed by atoms with Crippen LogP contribution in [0, 0.1) is 0 Å². The molecule has 0 bridgehead atoms. The lowest BCUT2D eigenvalue weighted by atomic mass is 10.1. The largest absolute Gasteiger partial charge is 0.497 e. The van der Waals surface area contributed by atoms with Crippen molar-refractivity contribution >= 4 is 5.69 Å². The van der Waals surface area contributed by atoms with Gasteiger partial charge in [-0.3, -0.25) is 0 Å². The highest BCUT2D eigenvalue weighted by molar-refractivity contribution is 5.61. The summed E-state index contributed by atoms with van der Waals surface area (Å²) in [4.78, 5) is 2.46. The minimum absolute atomic E-state index is 0.208. The van der Waals surface area contributed by atoms with Crippen molar-refractivity contribution in [3.63, 3.8) is 0 Å². The van der Waals surface area contributed by atoms with Crippen LogP contribution < -0.4 is 9.64 Å². The van der Waals surface area contributed by atoms with Crippen LogP contribution in [0.25, 0.3) is 0 Å². The molecule has 1 aliphatic heterocycles. The zero-order valence-corrected chi connectivity index (χ0v) is 10.0. The van der Waals surface area contributed by atoms with Gasteiger partial charge in [-0.15, -0.1) is 0 Å². The fourth-order valence-corrected chi connectivity index (χ4v) is 2.20. The van der Waals surface area contributed by atoms with Gasteiger partial charge in [0.15, 0.2) is 0 Å². The van der Waals surface area contributed by atoms with E-state index in [9.17, 15) is 0 Å². The third-order valence-corrected chi connectivity index (χ3v) is 2.99. The van der Waals surface area contributed by atoms with Gasteiger partial charge in [0.25, 0.3) is 0 Å². The van der Waals surface area contributed by atoms with Crippen LogP contribution in [0.2, 0.25) is 0 Å². The molecule has 15 heavy (non-hydrogen) atoms. The fraction of sp³-hybridized carbons (Fsp3) is 0.538. The molecule has 82 valence electrons. The molecule has 0 fully saturated rings. The third-order valence-electron chi connectivity index (χ3n) is 2.99. The van der Waals surface area contributed by atoms with Crippen LogP contribution in [0.15, 0.2) is 18.2 Å². The van der Waals surface area contributed by atoms with Crippen LogP contribution in [-0.2, 0) is 6.42 Å². The van der Waals surface area contributed by atoms with Gasteiger partial charge in [0.1, 0.15) is 5.75 Å². The first-order valence-corrected chi connectivity index (χ1v) is 5.47. The second kappa shape index (κ2) is 3.44. The lowest BCUT2D eigenvalue weighted by molar-refractivity contribution is 0.414. The molecule has 1 aromatic carbocycles. The van der Waals surface area contributed by atoms with Gasteiger partial charge in [0, 0.05) is 17.8 Å². The molecule has 0 saturated carbocycles. The molecule has 0 spiro atoms. The number of anilines is 1. The molecule has 0 radical (unpaired) electrons. The lowest BCUT2D eigenvalue weighted by Gasteiger charge is -2.34. The first kappa shape index (κ1) is 10.3. The van der Waals surface area contributed by atoms with Crippen LogP contribution >= 0.6 is 0 Å². The number of nitrogens with zero attached hydrogens (tertiary/aromatic N) is 1. The van der Waals surface area contributed by atoms with Gasteiger partial charge < -0.3 is 9.64 Å². The predicted octanol–water partition coefficient (Wildman–Crippen LogP) is 2.86. The van der Waals surface area contributed by atoms with Crippen molar-refractivity contribution in [2.45, 2.75) is 32.7 Å². The first-order chi connectivity index (χ1) is 7.02. The highest BCUT2D eigenvalue weighted by Gasteiger charge is 2.28. The van der Waals surface area contributed by atoms with Crippen LogP contribution in [0.3, 0.4) is 0 Å². The number of rotatable bonds is 1. The molecule has 0 atom stereocenters. The summed E-state index contributed by atoms with van der Waals surface area (Å²) in [6.07, 6.45) is 1.13. The number of benzene rings is 1.